The summed E-state index contributed by atoms with van der Waals surface area (Å²) in [5.74, 6) is -1.93. The average molecular weight is 274 g/mol. The molecule has 2 aromatic rings. The summed E-state index contributed by atoms with van der Waals surface area (Å²) in [5, 5.41) is 11.7. The van der Waals surface area contributed by atoms with Crippen LogP contribution in [-0.2, 0) is 0 Å². The Morgan fingerprint density at radius 2 is 2.10 bits per heavy atom. The van der Waals surface area contributed by atoms with Crippen molar-refractivity contribution < 1.29 is 14.3 Å². The van der Waals surface area contributed by atoms with Gasteiger partial charge in [0.1, 0.15) is 5.56 Å². The summed E-state index contributed by atoms with van der Waals surface area (Å²) in [4.78, 5) is 14.7. The number of carboxylic acid groups (broad SMARTS) is 1. The zero-order valence-electron chi connectivity index (χ0n) is 11.2. The third-order valence-electron chi connectivity index (χ3n) is 2.94. The summed E-state index contributed by atoms with van der Waals surface area (Å²) in [7, 11) is 0. The highest BCUT2D eigenvalue weighted by Gasteiger charge is 2.15. The fraction of sp³-hybridized carbons (Fsp3) is 0.200. The van der Waals surface area contributed by atoms with Gasteiger partial charge in [-0.1, -0.05) is 26.0 Å². The van der Waals surface area contributed by atoms with Crippen LogP contribution in [0, 0.1) is 5.82 Å². The molecule has 0 radical (unpaired) electrons. The number of carboxylic acids is 1. The van der Waals surface area contributed by atoms with Gasteiger partial charge in [0.05, 0.1) is 0 Å². The summed E-state index contributed by atoms with van der Waals surface area (Å²) in [6.45, 7) is 4.12. The molecule has 0 saturated carbocycles. The standard InChI is InChI=1S/C15H15FN2O2/c1-9(2)10-4-3-5-11(8-10)18-14-13(16)12(15(19)20)6-7-17-14/h3-9H,1-2H3,(H,17,18)(H,19,20). The molecule has 20 heavy (non-hydrogen) atoms. The minimum Gasteiger partial charge on any atom is -0.478 e. The van der Waals surface area contributed by atoms with Gasteiger partial charge in [-0.2, -0.15) is 0 Å². The van der Waals surface area contributed by atoms with Crippen molar-refractivity contribution in [1.29, 1.82) is 0 Å². The molecule has 1 heterocycles. The first kappa shape index (κ1) is 14.0. The number of anilines is 2. The number of hydrogen-bond donors (Lipinski definition) is 2. The van der Waals surface area contributed by atoms with E-state index in [1.165, 1.54) is 6.20 Å². The van der Waals surface area contributed by atoms with Crippen molar-refractivity contribution >= 4 is 17.5 Å². The highest BCUT2D eigenvalue weighted by Crippen LogP contribution is 2.23. The van der Waals surface area contributed by atoms with Gasteiger partial charge in [0.15, 0.2) is 11.6 Å². The van der Waals surface area contributed by atoms with E-state index in [1.807, 2.05) is 18.2 Å². The summed E-state index contributed by atoms with van der Waals surface area (Å²) >= 11 is 0. The fourth-order valence-electron chi connectivity index (χ4n) is 1.81. The number of benzene rings is 1. The molecule has 0 bridgehead atoms. The Hall–Kier alpha value is -2.43. The number of pyridine rings is 1. The van der Waals surface area contributed by atoms with Crippen molar-refractivity contribution in [2.45, 2.75) is 19.8 Å². The smallest absolute Gasteiger partial charge is 0.338 e. The molecule has 0 atom stereocenters. The lowest BCUT2D eigenvalue weighted by Crippen LogP contribution is -2.05. The Balaban J connectivity index is 2.33. The fourth-order valence-corrected chi connectivity index (χ4v) is 1.81. The van der Waals surface area contributed by atoms with E-state index in [0.717, 1.165) is 11.6 Å². The van der Waals surface area contributed by atoms with E-state index >= 15 is 0 Å². The van der Waals surface area contributed by atoms with Gasteiger partial charge in [0.2, 0.25) is 0 Å². The van der Waals surface area contributed by atoms with E-state index in [1.54, 1.807) is 6.07 Å². The van der Waals surface area contributed by atoms with Gasteiger partial charge in [-0.15, -0.1) is 0 Å². The third kappa shape index (κ3) is 2.93. The number of rotatable bonds is 4. The van der Waals surface area contributed by atoms with Gasteiger partial charge in [0.25, 0.3) is 0 Å². The van der Waals surface area contributed by atoms with Gasteiger partial charge >= 0.3 is 5.97 Å². The molecule has 5 heteroatoms. The zero-order chi connectivity index (χ0) is 14.7. The lowest BCUT2D eigenvalue weighted by Gasteiger charge is -2.11. The number of aromatic carboxylic acids is 1. The van der Waals surface area contributed by atoms with Gasteiger partial charge in [0, 0.05) is 11.9 Å². The first-order chi connectivity index (χ1) is 9.49. The van der Waals surface area contributed by atoms with Crippen molar-refractivity contribution in [3.8, 4) is 0 Å². The molecule has 0 saturated heterocycles. The second-order valence-corrected chi connectivity index (χ2v) is 4.73. The lowest BCUT2D eigenvalue weighted by molar-refractivity contribution is 0.0692. The van der Waals surface area contributed by atoms with Crippen molar-refractivity contribution in [2.24, 2.45) is 0 Å². The molecule has 0 aliphatic carbocycles. The van der Waals surface area contributed by atoms with E-state index in [9.17, 15) is 9.18 Å². The van der Waals surface area contributed by atoms with Gasteiger partial charge < -0.3 is 10.4 Å². The van der Waals surface area contributed by atoms with Crippen molar-refractivity contribution in [3.63, 3.8) is 0 Å². The highest BCUT2D eigenvalue weighted by molar-refractivity contribution is 5.89. The molecule has 1 aromatic carbocycles. The maximum atomic E-state index is 14.0. The Morgan fingerprint density at radius 1 is 1.35 bits per heavy atom. The van der Waals surface area contributed by atoms with E-state index in [0.29, 0.717) is 11.6 Å². The molecule has 4 nitrogen and oxygen atoms in total. The molecular weight excluding hydrogens is 259 g/mol. The molecular formula is C15H15FN2O2. The largest absolute Gasteiger partial charge is 0.478 e. The van der Waals surface area contributed by atoms with Crippen LogP contribution in [0.2, 0.25) is 0 Å². The topological polar surface area (TPSA) is 62.2 Å². The number of halogens is 1. The Morgan fingerprint density at radius 3 is 2.75 bits per heavy atom. The quantitative estimate of drug-likeness (QED) is 0.890. The van der Waals surface area contributed by atoms with Crippen LogP contribution in [0.4, 0.5) is 15.9 Å². The van der Waals surface area contributed by atoms with Crippen molar-refractivity contribution in [3.05, 3.63) is 53.5 Å². The molecule has 0 aliphatic heterocycles. The van der Waals surface area contributed by atoms with Crippen LogP contribution in [-0.4, -0.2) is 16.1 Å². The number of aromatic nitrogens is 1. The molecule has 104 valence electrons. The first-order valence-electron chi connectivity index (χ1n) is 6.24. The van der Waals surface area contributed by atoms with E-state index in [-0.39, 0.29) is 5.82 Å². The predicted molar refractivity (Wildman–Crippen MR) is 75.0 cm³/mol. The maximum absolute atomic E-state index is 14.0. The number of carbonyl (C=O) groups is 1. The van der Waals surface area contributed by atoms with E-state index < -0.39 is 17.3 Å². The maximum Gasteiger partial charge on any atom is 0.338 e. The Labute approximate surface area is 116 Å². The molecule has 0 fully saturated rings. The van der Waals surface area contributed by atoms with Crippen molar-refractivity contribution in [2.75, 3.05) is 5.32 Å². The minimum absolute atomic E-state index is 0.0918. The molecule has 0 amide bonds. The third-order valence-corrected chi connectivity index (χ3v) is 2.94. The number of hydrogen-bond acceptors (Lipinski definition) is 3. The monoisotopic (exact) mass is 274 g/mol. The molecule has 0 spiro atoms. The summed E-state index contributed by atoms with van der Waals surface area (Å²) in [5.41, 5.74) is 1.37. The van der Waals surface area contributed by atoms with Gasteiger partial charge in [-0.3, -0.25) is 0 Å². The predicted octanol–water partition coefficient (Wildman–Crippen LogP) is 3.79. The van der Waals surface area contributed by atoms with Gasteiger partial charge in [-0.05, 0) is 29.7 Å². The van der Waals surface area contributed by atoms with Crippen LogP contribution >= 0.6 is 0 Å². The second-order valence-electron chi connectivity index (χ2n) is 4.73. The van der Waals surface area contributed by atoms with Crippen LogP contribution in [0.25, 0.3) is 0 Å². The Kier molecular flexibility index (Phi) is 3.98. The van der Waals surface area contributed by atoms with Crippen LogP contribution in [0.15, 0.2) is 36.5 Å². The SMILES string of the molecule is CC(C)c1cccc(Nc2nccc(C(=O)O)c2F)c1. The molecule has 0 aliphatic rings. The van der Waals surface area contributed by atoms with Crippen LogP contribution in [0.5, 0.6) is 0 Å². The second kappa shape index (κ2) is 5.69. The first-order valence-corrected chi connectivity index (χ1v) is 6.24. The van der Waals surface area contributed by atoms with Crippen molar-refractivity contribution in [1.82, 2.24) is 4.98 Å². The molecule has 0 unspecified atom stereocenters. The zero-order valence-corrected chi connectivity index (χ0v) is 11.2. The minimum atomic E-state index is -1.32. The van der Waals surface area contributed by atoms with E-state index in [2.05, 4.69) is 24.1 Å². The van der Waals surface area contributed by atoms with Crippen LogP contribution in [0.1, 0.15) is 35.7 Å². The molecule has 2 rings (SSSR count). The lowest BCUT2D eigenvalue weighted by atomic mass is 10.0. The average Bonchev–Trinajstić information content (AvgIpc) is 2.41. The highest BCUT2D eigenvalue weighted by atomic mass is 19.1. The van der Waals surface area contributed by atoms with E-state index in [4.69, 9.17) is 5.11 Å². The summed E-state index contributed by atoms with van der Waals surface area (Å²) < 4.78 is 14.0. The molecule has 2 N–H and O–H groups in total. The van der Waals surface area contributed by atoms with Crippen LogP contribution in [0.3, 0.4) is 0 Å². The molecule has 1 aromatic heterocycles. The number of nitrogens with one attached hydrogen (secondary N) is 1. The summed E-state index contributed by atoms with van der Waals surface area (Å²) in [6, 6.07) is 8.64. The summed E-state index contributed by atoms with van der Waals surface area (Å²) in [6.07, 6.45) is 1.27. The normalized spacial score (nSPS) is 10.6. The van der Waals surface area contributed by atoms with Crippen LogP contribution < -0.4 is 5.32 Å². The number of nitrogens with zero attached hydrogens (tertiary/aromatic N) is 1. The van der Waals surface area contributed by atoms with Gasteiger partial charge in [-0.25, -0.2) is 14.2 Å². The Bertz CT molecular complexity index is 642.